The van der Waals surface area contributed by atoms with E-state index in [0.29, 0.717) is 0 Å². The molecule has 0 aliphatic rings. The number of benzene rings is 1. The van der Waals surface area contributed by atoms with Gasteiger partial charge in [-0.25, -0.2) is 8.42 Å². The van der Waals surface area contributed by atoms with Crippen LogP contribution >= 0.6 is 10.7 Å². The summed E-state index contributed by atoms with van der Waals surface area (Å²) in [6.45, 7) is 1.45. The Labute approximate surface area is 93.7 Å². The van der Waals surface area contributed by atoms with E-state index in [2.05, 4.69) is 0 Å². The molecular weight excluding hydrogens is 236 g/mol. The zero-order chi connectivity index (χ0) is 11.5. The molecule has 5 heteroatoms. The maximum Gasteiger partial charge on any atom is 0.257 e. The summed E-state index contributed by atoms with van der Waals surface area (Å²) in [6.07, 6.45) is 1.50. The molecule has 0 atom stereocenters. The number of methoxy groups -OCH3 is 1. The third-order valence-corrected chi connectivity index (χ3v) is 3.49. The van der Waals surface area contributed by atoms with Gasteiger partial charge in [0, 0.05) is 10.7 Å². The van der Waals surface area contributed by atoms with Crippen molar-refractivity contribution in [3.05, 3.63) is 34.7 Å². The van der Waals surface area contributed by atoms with E-state index >= 15 is 0 Å². The summed E-state index contributed by atoms with van der Waals surface area (Å²) in [5.41, 5.74) is 0.762. The van der Waals surface area contributed by atoms with Gasteiger partial charge >= 0.3 is 0 Å². The molecule has 1 aromatic rings. The van der Waals surface area contributed by atoms with E-state index in [-0.39, 0.29) is 4.91 Å². The maximum atomic E-state index is 10.9. The molecule has 0 amide bonds. The van der Waals surface area contributed by atoms with E-state index in [1.807, 2.05) is 0 Å². The molecule has 1 aromatic carbocycles. The van der Waals surface area contributed by atoms with E-state index in [1.165, 1.54) is 13.0 Å². The van der Waals surface area contributed by atoms with Crippen LogP contribution in [0, 0.1) is 0 Å². The van der Waals surface area contributed by atoms with Crippen LogP contribution in [0.2, 0.25) is 0 Å². The molecule has 3 nitrogen and oxygen atoms in total. The summed E-state index contributed by atoms with van der Waals surface area (Å²) in [5, 5.41) is 0. The second kappa shape index (κ2) is 4.68. The van der Waals surface area contributed by atoms with E-state index in [1.54, 1.807) is 31.4 Å². The Balaban J connectivity index is 3.00. The van der Waals surface area contributed by atoms with E-state index in [0.717, 1.165) is 11.3 Å². The van der Waals surface area contributed by atoms with Gasteiger partial charge in [-0.3, -0.25) is 0 Å². The van der Waals surface area contributed by atoms with Crippen molar-refractivity contribution in [1.29, 1.82) is 0 Å². The fourth-order valence-corrected chi connectivity index (χ4v) is 1.42. The van der Waals surface area contributed by atoms with Gasteiger partial charge in [0.05, 0.1) is 12.0 Å². The zero-order valence-corrected chi connectivity index (χ0v) is 9.97. The second-order valence-electron chi connectivity index (χ2n) is 2.97. The minimum Gasteiger partial charge on any atom is -0.497 e. The average molecular weight is 247 g/mol. The Bertz CT molecular complexity index is 460. The third kappa shape index (κ3) is 3.57. The van der Waals surface area contributed by atoms with Gasteiger partial charge in [0.2, 0.25) is 0 Å². The normalized spacial score (nSPS) is 12.6. The molecule has 0 aromatic heterocycles. The van der Waals surface area contributed by atoms with Crippen molar-refractivity contribution in [1.82, 2.24) is 0 Å². The Morgan fingerprint density at radius 2 is 1.87 bits per heavy atom. The Morgan fingerprint density at radius 3 is 2.27 bits per heavy atom. The van der Waals surface area contributed by atoms with Crippen LogP contribution in [0.5, 0.6) is 5.75 Å². The highest BCUT2D eigenvalue weighted by molar-refractivity contribution is 8.16. The van der Waals surface area contributed by atoms with Crippen molar-refractivity contribution < 1.29 is 13.2 Å². The van der Waals surface area contributed by atoms with Crippen molar-refractivity contribution >= 4 is 25.8 Å². The average Bonchev–Trinajstić information content (AvgIpc) is 2.17. The largest absolute Gasteiger partial charge is 0.497 e. The van der Waals surface area contributed by atoms with Gasteiger partial charge in [-0.05, 0) is 30.7 Å². The molecule has 0 heterocycles. The SMILES string of the molecule is COc1ccc(/C=C(/C)S(=O)(=O)Cl)cc1. The van der Waals surface area contributed by atoms with Crippen LogP contribution in [0.25, 0.3) is 6.08 Å². The molecule has 0 bridgehead atoms. The van der Waals surface area contributed by atoms with E-state index in [4.69, 9.17) is 15.4 Å². The van der Waals surface area contributed by atoms with Crippen molar-refractivity contribution in [3.8, 4) is 5.75 Å². The van der Waals surface area contributed by atoms with Crippen molar-refractivity contribution in [3.63, 3.8) is 0 Å². The first-order valence-corrected chi connectivity index (χ1v) is 6.51. The molecule has 0 N–H and O–H groups in total. The standard InChI is InChI=1S/C10H11ClO3S/c1-8(15(11,12)13)7-9-3-5-10(14-2)6-4-9/h3-7H,1-2H3/b8-7-. The zero-order valence-electron chi connectivity index (χ0n) is 8.40. The summed E-state index contributed by atoms with van der Waals surface area (Å²) in [4.78, 5) is 0.120. The highest BCUT2D eigenvalue weighted by atomic mass is 35.7. The maximum absolute atomic E-state index is 10.9. The fraction of sp³-hybridized carbons (Fsp3) is 0.200. The molecule has 82 valence electrons. The first-order valence-electron chi connectivity index (χ1n) is 4.20. The van der Waals surface area contributed by atoms with Crippen molar-refractivity contribution in [2.45, 2.75) is 6.92 Å². The van der Waals surface area contributed by atoms with E-state index in [9.17, 15) is 8.42 Å². The van der Waals surface area contributed by atoms with Gasteiger partial charge in [0.1, 0.15) is 5.75 Å². The molecular formula is C10H11ClO3S. The lowest BCUT2D eigenvalue weighted by Crippen LogP contribution is -1.89. The van der Waals surface area contributed by atoms with Crippen molar-refractivity contribution in [2.24, 2.45) is 0 Å². The quantitative estimate of drug-likeness (QED) is 0.770. The van der Waals surface area contributed by atoms with Crippen LogP contribution < -0.4 is 4.74 Å². The lowest BCUT2D eigenvalue weighted by molar-refractivity contribution is 0.415. The van der Waals surface area contributed by atoms with Crippen LogP contribution in [-0.4, -0.2) is 15.5 Å². The lowest BCUT2D eigenvalue weighted by Gasteiger charge is -2.00. The monoisotopic (exact) mass is 246 g/mol. The first-order chi connectivity index (χ1) is 6.93. The summed E-state index contributed by atoms with van der Waals surface area (Å²) in [5.74, 6) is 0.721. The topological polar surface area (TPSA) is 43.4 Å². The number of ether oxygens (including phenoxy) is 1. The molecule has 0 aliphatic heterocycles. The number of hydrogen-bond acceptors (Lipinski definition) is 3. The van der Waals surface area contributed by atoms with E-state index < -0.39 is 9.05 Å². The van der Waals surface area contributed by atoms with Crippen LogP contribution in [-0.2, 0) is 9.05 Å². The van der Waals surface area contributed by atoms with Crippen molar-refractivity contribution in [2.75, 3.05) is 7.11 Å². The fourth-order valence-electron chi connectivity index (χ4n) is 1.01. The first kappa shape index (κ1) is 12.1. The van der Waals surface area contributed by atoms with Gasteiger partial charge in [-0.1, -0.05) is 12.1 Å². The van der Waals surface area contributed by atoms with Gasteiger partial charge in [0.15, 0.2) is 0 Å². The lowest BCUT2D eigenvalue weighted by atomic mass is 10.2. The summed E-state index contributed by atoms with van der Waals surface area (Å²) in [7, 11) is 3.13. The molecule has 0 saturated heterocycles. The minimum atomic E-state index is -3.61. The van der Waals surface area contributed by atoms with Gasteiger partial charge in [-0.2, -0.15) is 0 Å². The van der Waals surface area contributed by atoms with Gasteiger partial charge in [0.25, 0.3) is 9.05 Å². The van der Waals surface area contributed by atoms with Crippen LogP contribution in [0.1, 0.15) is 12.5 Å². The molecule has 0 fully saturated rings. The second-order valence-corrected chi connectivity index (χ2v) is 5.70. The molecule has 0 saturated carbocycles. The molecule has 0 spiro atoms. The predicted molar refractivity (Wildman–Crippen MR) is 61.4 cm³/mol. The third-order valence-electron chi connectivity index (χ3n) is 1.87. The molecule has 0 aliphatic carbocycles. The van der Waals surface area contributed by atoms with Crippen LogP contribution in [0.15, 0.2) is 29.2 Å². The Hall–Kier alpha value is -1.00. The number of hydrogen-bond donors (Lipinski definition) is 0. The Morgan fingerprint density at radius 1 is 1.33 bits per heavy atom. The molecule has 0 radical (unpaired) electrons. The highest BCUT2D eigenvalue weighted by Gasteiger charge is 2.07. The van der Waals surface area contributed by atoms with Gasteiger partial charge in [-0.15, -0.1) is 0 Å². The van der Waals surface area contributed by atoms with Gasteiger partial charge < -0.3 is 4.74 Å². The predicted octanol–water partition coefficient (Wildman–Crippen LogP) is 2.62. The molecule has 0 unspecified atom stereocenters. The number of allylic oxidation sites excluding steroid dienone is 1. The molecule has 15 heavy (non-hydrogen) atoms. The highest BCUT2D eigenvalue weighted by Crippen LogP contribution is 2.17. The Kier molecular flexibility index (Phi) is 3.77. The van der Waals surface area contributed by atoms with Crippen LogP contribution in [0.3, 0.4) is 0 Å². The number of rotatable bonds is 3. The van der Waals surface area contributed by atoms with Crippen LogP contribution in [0.4, 0.5) is 0 Å². The smallest absolute Gasteiger partial charge is 0.257 e. The summed E-state index contributed by atoms with van der Waals surface area (Å²) >= 11 is 0. The summed E-state index contributed by atoms with van der Waals surface area (Å²) in [6, 6.07) is 7.01. The minimum absolute atomic E-state index is 0.120. The molecule has 1 rings (SSSR count). The number of halogens is 1. The summed E-state index contributed by atoms with van der Waals surface area (Å²) < 4.78 is 26.8.